The Hall–Kier alpha value is -4.19. The van der Waals surface area contributed by atoms with Crippen molar-refractivity contribution in [3.63, 3.8) is 0 Å². The third kappa shape index (κ3) is 29.3. The van der Waals surface area contributed by atoms with Gasteiger partial charge in [-0.3, -0.25) is 19.2 Å². The number of amides is 5. The van der Waals surface area contributed by atoms with E-state index in [1.807, 2.05) is 13.8 Å². The summed E-state index contributed by atoms with van der Waals surface area (Å²) in [7, 11) is 2.89. The van der Waals surface area contributed by atoms with Crippen LogP contribution in [-0.2, 0) is 52.3 Å². The van der Waals surface area contributed by atoms with Crippen LogP contribution >= 0.6 is 0 Å². The second kappa shape index (κ2) is 35.9. The van der Waals surface area contributed by atoms with Crippen molar-refractivity contribution < 1.29 is 92.9 Å². The van der Waals surface area contributed by atoms with E-state index < -0.39 is 78.6 Å². The molecule has 0 fully saturated rings. The summed E-state index contributed by atoms with van der Waals surface area (Å²) in [5, 5.41) is 84.0. The van der Waals surface area contributed by atoms with Gasteiger partial charge in [0.25, 0.3) is 5.91 Å². The van der Waals surface area contributed by atoms with Gasteiger partial charge in [0.15, 0.2) is 6.10 Å². The highest BCUT2D eigenvalue weighted by Crippen LogP contribution is 2.17. The smallest absolute Gasteiger partial charge is 0.312 e. The zero-order chi connectivity index (χ0) is 50.1. The number of likely N-dealkylation sites (N-methyl/N-ethyl adjacent to an activating group) is 1. The number of urea groups is 1. The summed E-state index contributed by atoms with van der Waals surface area (Å²) in [6.45, 7) is 1.65. The Balaban J connectivity index is 2.29. The second-order valence-electron chi connectivity index (χ2n) is 15.8. The van der Waals surface area contributed by atoms with Crippen LogP contribution in [0.3, 0.4) is 0 Å². The Labute approximate surface area is 390 Å². The van der Waals surface area contributed by atoms with E-state index in [4.69, 9.17) is 34.2 Å². The van der Waals surface area contributed by atoms with Crippen LogP contribution in [0.2, 0.25) is 0 Å². The molecule has 5 amide bonds. The molecule has 67 heavy (non-hydrogen) atoms. The van der Waals surface area contributed by atoms with Crippen LogP contribution in [0.1, 0.15) is 44.8 Å². The lowest BCUT2D eigenvalue weighted by atomic mass is 10.0. The van der Waals surface area contributed by atoms with Gasteiger partial charge in [-0.25, -0.2) is 4.79 Å². The van der Waals surface area contributed by atoms with Gasteiger partial charge in [0, 0.05) is 18.8 Å². The fraction of sp³-hybridized carbons (Fsp3) is 0.738. The molecule has 0 radical (unpaired) electrons. The van der Waals surface area contributed by atoms with Gasteiger partial charge in [-0.05, 0) is 43.5 Å². The van der Waals surface area contributed by atoms with Crippen molar-refractivity contribution in [3.8, 4) is 0 Å². The van der Waals surface area contributed by atoms with Gasteiger partial charge in [-0.1, -0.05) is 26.0 Å². The Morgan fingerprint density at radius 2 is 1.06 bits per heavy atom. The molecule has 1 rings (SSSR count). The average molecular weight is 967 g/mol. The number of nitrogens with one attached hydrogen (secondary N) is 5. The van der Waals surface area contributed by atoms with Gasteiger partial charge in [0.2, 0.25) is 11.8 Å². The molecule has 0 bridgehead atoms. The van der Waals surface area contributed by atoms with Crippen molar-refractivity contribution >= 4 is 35.4 Å². The van der Waals surface area contributed by atoms with Gasteiger partial charge >= 0.3 is 12.0 Å². The van der Waals surface area contributed by atoms with Crippen LogP contribution < -0.4 is 32.3 Å². The maximum absolute atomic E-state index is 13.2. The molecule has 0 aliphatic carbocycles. The predicted molar refractivity (Wildman–Crippen MR) is 237 cm³/mol. The first-order valence-corrected chi connectivity index (χ1v) is 21.9. The molecule has 7 unspecified atom stereocenters. The number of aliphatic hydroxyl groups is 7. The Kier molecular flexibility index (Phi) is 32.6. The Bertz CT molecular complexity index is 1530. The molecule has 1 aromatic rings. The van der Waals surface area contributed by atoms with Gasteiger partial charge < -0.3 is 101 Å². The lowest BCUT2D eigenvalue weighted by Crippen LogP contribution is -2.52. The van der Waals surface area contributed by atoms with Crippen molar-refractivity contribution in [3.05, 3.63) is 29.8 Å². The number of anilines is 1. The highest BCUT2D eigenvalue weighted by molar-refractivity contribution is 5.98. The largest absolute Gasteiger partial charge is 0.469 e. The number of ether oxygens (including phenoxy) is 7. The van der Waals surface area contributed by atoms with Crippen LogP contribution in [0.4, 0.5) is 10.5 Å². The molecule has 1 aromatic carbocycles. The molecule has 386 valence electrons. The summed E-state index contributed by atoms with van der Waals surface area (Å²) in [6.07, 6.45) is -7.53. The summed E-state index contributed by atoms with van der Waals surface area (Å²) in [5.74, 6) is -2.22. The number of carbonyl (C=O) groups is 5. The first-order chi connectivity index (χ1) is 31.9. The molecule has 0 aliphatic rings. The van der Waals surface area contributed by atoms with E-state index in [0.29, 0.717) is 12.1 Å². The molecular weight excluding hydrogens is 892 g/mol. The van der Waals surface area contributed by atoms with Gasteiger partial charge in [0.1, 0.15) is 36.6 Å². The minimum absolute atomic E-state index is 0.0527. The lowest BCUT2D eigenvalue weighted by molar-refractivity contribution is -0.142. The SMILES string of the molecule is CN[C@H](C(=O)N[C@@H](CCCNC(N)=O)C(=O)Nc1ccc(C(O)C(=O)NCC(O)COCC(O)COCC(O)COCC(O)COCC(O)COCC(O)COCCC(=O)OC)cc1)C(C)C. The Morgan fingerprint density at radius 1 is 0.612 bits per heavy atom. The summed E-state index contributed by atoms with van der Waals surface area (Å²) >= 11 is 0. The summed E-state index contributed by atoms with van der Waals surface area (Å²) in [5.41, 5.74) is 5.61. The number of esters is 1. The van der Waals surface area contributed by atoms with Gasteiger partial charge in [0.05, 0.1) is 105 Å². The molecule has 0 aromatic heterocycles. The van der Waals surface area contributed by atoms with Crippen LogP contribution in [-0.4, -0.2) is 221 Å². The van der Waals surface area contributed by atoms with Crippen molar-refractivity contribution in [2.45, 2.75) is 87.9 Å². The van der Waals surface area contributed by atoms with E-state index >= 15 is 0 Å². The van der Waals surface area contributed by atoms with Gasteiger partial charge in [-0.15, -0.1) is 0 Å². The number of rotatable bonds is 39. The first-order valence-electron chi connectivity index (χ1n) is 21.9. The van der Waals surface area contributed by atoms with Crippen LogP contribution in [0, 0.1) is 5.92 Å². The standard InChI is InChI=1S/C42H74N6O19/c1-26(2)37(44-3)40(58)48-35(6-5-12-45-42(43)60)39(57)47-28-9-7-27(8-10-28)38(56)41(59)46-14-29(49)15-63-18-31(51)19-65-22-33(53)23-67-25-34(54)24-66-21-32(52)20-64-17-30(50)16-62-13-11-36(55)61-4/h7-10,26,29-35,37-38,44,49-54,56H,5-6,11-25H2,1-4H3,(H,46,59)(H,47,57)(H,48,58)(H3,43,45,60)/t29?,30?,31?,32?,33?,34?,35-,37-,38?/m0/s1. The lowest BCUT2D eigenvalue weighted by Gasteiger charge is -2.24. The van der Waals surface area contributed by atoms with Crippen molar-refractivity contribution in [2.24, 2.45) is 11.7 Å². The molecule has 0 heterocycles. The number of hydrogen-bond donors (Lipinski definition) is 13. The molecule has 25 nitrogen and oxygen atoms in total. The van der Waals surface area contributed by atoms with Crippen molar-refractivity contribution in [1.29, 1.82) is 0 Å². The zero-order valence-electron chi connectivity index (χ0n) is 38.7. The number of carbonyl (C=O) groups excluding carboxylic acids is 5. The van der Waals surface area contributed by atoms with E-state index in [9.17, 15) is 59.7 Å². The molecule has 25 heteroatoms. The number of aliphatic hydroxyl groups excluding tert-OH is 7. The number of methoxy groups -OCH3 is 1. The molecule has 9 atom stereocenters. The number of hydrogen-bond acceptors (Lipinski definition) is 20. The number of primary amides is 1. The minimum Gasteiger partial charge on any atom is -0.469 e. The normalized spacial score (nSPS) is 15.6. The average Bonchev–Trinajstić information content (AvgIpc) is 3.27. The minimum atomic E-state index is -1.62. The third-order valence-corrected chi connectivity index (χ3v) is 9.21. The summed E-state index contributed by atoms with van der Waals surface area (Å²) < 4.78 is 35.8. The van der Waals surface area contributed by atoms with Crippen LogP contribution in [0.25, 0.3) is 0 Å². The van der Waals surface area contributed by atoms with Gasteiger partial charge in [-0.2, -0.15) is 0 Å². The highest BCUT2D eigenvalue weighted by Gasteiger charge is 2.27. The quantitative estimate of drug-likeness (QED) is 0.0220. The van der Waals surface area contributed by atoms with Crippen molar-refractivity contribution in [2.75, 3.05) is 112 Å². The molecular formula is C42H74N6O19. The topological polar surface area (TPSA) is 378 Å². The maximum atomic E-state index is 13.2. The number of benzene rings is 1. The fourth-order valence-electron chi connectivity index (χ4n) is 5.74. The van der Waals surface area contributed by atoms with E-state index in [0.717, 1.165) is 0 Å². The maximum Gasteiger partial charge on any atom is 0.312 e. The summed E-state index contributed by atoms with van der Waals surface area (Å²) in [6, 6.07) is 3.54. The molecule has 0 spiro atoms. The third-order valence-electron chi connectivity index (χ3n) is 9.21. The van der Waals surface area contributed by atoms with Crippen LogP contribution in [0.5, 0.6) is 0 Å². The number of nitrogens with two attached hydrogens (primary N) is 1. The van der Waals surface area contributed by atoms with Crippen LogP contribution in [0.15, 0.2) is 24.3 Å². The molecule has 0 saturated heterocycles. The second-order valence-corrected chi connectivity index (χ2v) is 15.8. The zero-order valence-corrected chi connectivity index (χ0v) is 38.7. The van der Waals surface area contributed by atoms with E-state index in [1.165, 1.54) is 31.4 Å². The molecule has 14 N–H and O–H groups in total. The summed E-state index contributed by atoms with van der Waals surface area (Å²) in [4.78, 5) is 60.7. The van der Waals surface area contributed by atoms with E-state index in [-0.39, 0.29) is 123 Å². The Morgan fingerprint density at radius 3 is 1.48 bits per heavy atom. The highest BCUT2D eigenvalue weighted by atomic mass is 16.5. The fourth-order valence-corrected chi connectivity index (χ4v) is 5.74. The van der Waals surface area contributed by atoms with E-state index in [2.05, 4.69) is 31.3 Å². The monoisotopic (exact) mass is 967 g/mol. The molecule has 0 aliphatic heterocycles. The molecule has 0 saturated carbocycles. The van der Waals surface area contributed by atoms with Crippen molar-refractivity contribution in [1.82, 2.24) is 21.3 Å². The van der Waals surface area contributed by atoms with E-state index in [1.54, 1.807) is 7.05 Å². The first kappa shape index (κ1) is 60.8. The predicted octanol–water partition coefficient (Wildman–Crippen LogP) is -4.22.